The zero-order valence-corrected chi connectivity index (χ0v) is 14.0. The maximum absolute atomic E-state index is 6.51. The lowest BCUT2D eigenvalue weighted by Gasteiger charge is -2.23. The third kappa shape index (κ3) is 3.15. The number of hydrogen-bond acceptors (Lipinski definition) is 4. The molecule has 0 amide bonds. The van der Waals surface area contributed by atoms with Crippen molar-refractivity contribution in [2.24, 2.45) is 5.73 Å². The van der Waals surface area contributed by atoms with E-state index in [1.54, 1.807) is 0 Å². The highest BCUT2D eigenvalue weighted by molar-refractivity contribution is 9.10. The van der Waals surface area contributed by atoms with E-state index >= 15 is 0 Å². The summed E-state index contributed by atoms with van der Waals surface area (Å²) in [5.41, 5.74) is 6.77. The molecule has 2 aromatic rings. The van der Waals surface area contributed by atoms with Crippen molar-refractivity contribution >= 4 is 27.5 Å². The predicted octanol–water partition coefficient (Wildman–Crippen LogP) is 4.66. The van der Waals surface area contributed by atoms with E-state index in [-0.39, 0.29) is 0 Å². The van der Waals surface area contributed by atoms with Gasteiger partial charge in [-0.15, -0.1) is 0 Å². The van der Waals surface area contributed by atoms with Crippen LogP contribution in [0.3, 0.4) is 0 Å². The molecule has 1 fully saturated rings. The molecule has 112 valence electrons. The van der Waals surface area contributed by atoms with E-state index in [1.807, 2.05) is 18.2 Å². The van der Waals surface area contributed by atoms with Gasteiger partial charge in [0, 0.05) is 4.47 Å². The summed E-state index contributed by atoms with van der Waals surface area (Å²) in [5, 5.41) is 4.69. The second-order valence-corrected chi connectivity index (χ2v) is 6.94. The molecule has 0 atom stereocenters. The molecule has 1 aromatic carbocycles. The molecule has 0 unspecified atom stereocenters. The summed E-state index contributed by atoms with van der Waals surface area (Å²) < 4.78 is 6.30. The van der Waals surface area contributed by atoms with Crippen LogP contribution in [-0.2, 0) is 5.54 Å². The molecule has 0 spiro atoms. The van der Waals surface area contributed by atoms with Crippen LogP contribution in [0.1, 0.15) is 44.3 Å². The smallest absolute Gasteiger partial charge is 0.259 e. The number of halogens is 2. The van der Waals surface area contributed by atoms with E-state index in [9.17, 15) is 0 Å². The first kappa shape index (κ1) is 15.0. The largest absolute Gasteiger partial charge is 0.334 e. The summed E-state index contributed by atoms with van der Waals surface area (Å²) in [6.07, 6.45) is 6.48. The minimum Gasteiger partial charge on any atom is -0.334 e. The Balaban J connectivity index is 1.92. The second-order valence-electron chi connectivity index (χ2n) is 5.62. The third-order valence-corrected chi connectivity index (χ3v) is 4.83. The van der Waals surface area contributed by atoms with E-state index in [4.69, 9.17) is 21.9 Å². The van der Waals surface area contributed by atoms with Crippen molar-refractivity contribution in [3.63, 3.8) is 0 Å². The highest BCUT2D eigenvalue weighted by Crippen LogP contribution is 2.34. The van der Waals surface area contributed by atoms with E-state index in [0.717, 1.165) is 35.7 Å². The van der Waals surface area contributed by atoms with Gasteiger partial charge in [0.05, 0.1) is 16.1 Å². The summed E-state index contributed by atoms with van der Waals surface area (Å²) in [4.78, 5) is 4.51. The Hall–Kier alpha value is -0.910. The van der Waals surface area contributed by atoms with Crippen LogP contribution >= 0.6 is 27.5 Å². The number of aromatic nitrogens is 2. The molecule has 1 aliphatic carbocycles. The summed E-state index contributed by atoms with van der Waals surface area (Å²) in [5.74, 6) is 1.02. The maximum Gasteiger partial charge on any atom is 0.259 e. The molecule has 1 aliphatic rings. The van der Waals surface area contributed by atoms with Crippen LogP contribution in [0.4, 0.5) is 0 Å². The number of nitrogens with zero attached hydrogens (tertiary/aromatic N) is 2. The highest BCUT2D eigenvalue weighted by atomic mass is 79.9. The lowest BCUT2D eigenvalue weighted by Crippen LogP contribution is -2.37. The molecule has 21 heavy (non-hydrogen) atoms. The van der Waals surface area contributed by atoms with Gasteiger partial charge in [-0.05, 0) is 31.0 Å². The van der Waals surface area contributed by atoms with Gasteiger partial charge in [0.25, 0.3) is 5.89 Å². The Morgan fingerprint density at radius 3 is 2.57 bits per heavy atom. The van der Waals surface area contributed by atoms with Crippen LogP contribution in [-0.4, -0.2) is 10.1 Å². The second kappa shape index (κ2) is 6.07. The minimum atomic E-state index is -0.472. The number of nitrogens with two attached hydrogens (primary N) is 1. The van der Waals surface area contributed by atoms with Crippen molar-refractivity contribution in [2.45, 2.75) is 44.1 Å². The van der Waals surface area contributed by atoms with Gasteiger partial charge in [-0.2, -0.15) is 4.98 Å². The van der Waals surface area contributed by atoms with E-state index in [1.165, 1.54) is 12.8 Å². The molecule has 0 radical (unpaired) electrons. The number of hydrogen-bond donors (Lipinski definition) is 1. The molecule has 6 heteroatoms. The molecule has 1 heterocycles. The van der Waals surface area contributed by atoms with Crippen LogP contribution in [0.2, 0.25) is 5.02 Å². The predicted molar refractivity (Wildman–Crippen MR) is 86.0 cm³/mol. The molecule has 1 aromatic heterocycles. The number of rotatable bonds is 2. The van der Waals surface area contributed by atoms with Crippen LogP contribution in [0, 0.1) is 0 Å². The van der Waals surface area contributed by atoms with Crippen molar-refractivity contribution in [3.8, 4) is 11.5 Å². The van der Waals surface area contributed by atoms with Crippen LogP contribution in [0.25, 0.3) is 11.5 Å². The fourth-order valence-electron chi connectivity index (χ4n) is 2.78. The first-order chi connectivity index (χ1) is 10.1. The van der Waals surface area contributed by atoms with Crippen LogP contribution in [0.15, 0.2) is 27.2 Å². The van der Waals surface area contributed by atoms with Gasteiger partial charge >= 0.3 is 0 Å². The topological polar surface area (TPSA) is 64.9 Å². The van der Waals surface area contributed by atoms with E-state index < -0.39 is 5.54 Å². The van der Waals surface area contributed by atoms with Crippen molar-refractivity contribution in [2.75, 3.05) is 0 Å². The zero-order valence-electron chi connectivity index (χ0n) is 11.6. The molecule has 0 bridgehead atoms. The summed E-state index contributed by atoms with van der Waals surface area (Å²) >= 11 is 9.61. The minimum absolute atomic E-state index is 0.427. The first-order valence-corrected chi connectivity index (χ1v) is 8.34. The van der Waals surface area contributed by atoms with Gasteiger partial charge < -0.3 is 10.3 Å². The van der Waals surface area contributed by atoms with E-state index in [0.29, 0.717) is 16.7 Å². The quantitative estimate of drug-likeness (QED) is 0.781. The van der Waals surface area contributed by atoms with Crippen molar-refractivity contribution in [3.05, 3.63) is 33.5 Å². The van der Waals surface area contributed by atoms with Crippen molar-refractivity contribution in [1.82, 2.24) is 10.1 Å². The molecule has 0 saturated heterocycles. The average molecular weight is 371 g/mol. The summed E-state index contributed by atoms with van der Waals surface area (Å²) in [6, 6.07) is 5.57. The van der Waals surface area contributed by atoms with Gasteiger partial charge in [0.15, 0.2) is 5.82 Å². The Labute approximate surface area is 137 Å². The zero-order chi connectivity index (χ0) is 14.9. The van der Waals surface area contributed by atoms with Crippen molar-refractivity contribution in [1.29, 1.82) is 0 Å². The van der Waals surface area contributed by atoms with Crippen LogP contribution < -0.4 is 5.73 Å². The fourth-order valence-corrected chi connectivity index (χ4v) is 3.54. The Bertz CT molecular complexity index is 636. The Kier molecular flexibility index (Phi) is 4.33. The lowest BCUT2D eigenvalue weighted by atomic mass is 9.91. The van der Waals surface area contributed by atoms with Gasteiger partial charge in [-0.3, -0.25) is 0 Å². The van der Waals surface area contributed by atoms with Gasteiger partial charge in [-0.25, -0.2) is 0 Å². The molecule has 0 aliphatic heterocycles. The Morgan fingerprint density at radius 1 is 1.19 bits per heavy atom. The molecule has 2 N–H and O–H groups in total. The molecule has 1 saturated carbocycles. The molecule has 3 rings (SSSR count). The third-order valence-electron chi connectivity index (χ3n) is 4.03. The molecule has 4 nitrogen and oxygen atoms in total. The van der Waals surface area contributed by atoms with Crippen molar-refractivity contribution < 1.29 is 4.52 Å². The standard InChI is InChI=1S/C15H17BrClN3O/c16-10-5-6-11(12(17)9-10)13-19-14(20-21-13)15(18)7-3-1-2-4-8-15/h5-6,9H,1-4,7-8,18H2. The van der Waals surface area contributed by atoms with Crippen LogP contribution in [0.5, 0.6) is 0 Å². The fraction of sp³-hybridized carbons (Fsp3) is 0.467. The normalized spacial score (nSPS) is 18.4. The van der Waals surface area contributed by atoms with Gasteiger partial charge in [-0.1, -0.05) is 58.4 Å². The highest BCUT2D eigenvalue weighted by Gasteiger charge is 2.33. The summed E-state index contributed by atoms with van der Waals surface area (Å²) in [6.45, 7) is 0. The van der Waals surface area contributed by atoms with E-state index in [2.05, 4.69) is 26.1 Å². The SMILES string of the molecule is NC1(c2noc(-c3ccc(Br)cc3Cl)n2)CCCCCC1. The monoisotopic (exact) mass is 369 g/mol. The van der Waals surface area contributed by atoms with Gasteiger partial charge in [0.2, 0.25) is 0 Å². The number of benzene rings is 1. The lowest BCUT2D eigenvalue weighted by molar-refractivity contribution is 0.334. The first-order valence-electron chi connectivity index (χ1n) is 7.17. The Morgan fingerprint density at radius 2 is 1.90 bits per heavy atom. The maximum atomic E-state index is 6.51. The van der Waals surface area contributed by atoms with Gasteiger partial charge in [0.1, 0.15) is 0 Å². The summed E-state index contributed by atoms with van der Waals surface area (Å²) in [7, 11) is 0. The molecular formula is C15H17BrClN3O. The average Bonchev–Trinajstić information content (AvgIpc) is 2.83. The molecular weight excluding hydrogens is 354 g/mol.